The summed E-state index contributed by atoms with van der Waals surface area (Å²) in [7, 11) is 3.93. The number of likely N-dealkylation sites (N-methyl/N-ethyl adjacent to an activating group) is 1. The first-order chi connectivity index (χ1) is 20.5. The second kappa shape index (κ2) is 19.7. The number of hydrogen-bond acceptors (Lipinski definition) is 5. The van der Waals surface area contributed by atoms with E-state index in [1.807, 2.05) is 25.9 Å². The van der Waals surface area contributed by atoms with Gasteiger partial charge in [-0.3, -0.25) is 14.4 Å². The van der Waals surface area contributed by atoms with Crippen LogP contribution in [0.1, 0.15) is 137 Å². The molecular formula is C36H67N3O4. The second-order valence-electron chi connectivity index (χ2n) is 14.6. The normalized spacial score (nSPS) is 24.1. The molecule has 43 heavy (non-hydrogen) atoms. The lowest BCUT2D eigenvalue weighted by molar-refractivity contribution is -0.149. The van der Waals surface area contributed by atoms with E-state index in [2.05, 4.69) is 26.1 Å². The summed E-state index contributed by atoms with van der Waals surface area (Å²) in [6.45, 7) is 10.5. The van der Waals surface area contributed by atoms with E-state index in [1.165, 1.54) is 38.5 Å². The molecule has 3 N–H and O–H groups in total. The Balaban J connectivity index is 1.85. The summed E-state index contributed by atoms with van der Waals surface area (Å²) >= 11 is 0. The first-order valence-corrected chi connectivity index (χ1v) is 17.9. The number of fused-ring (bicyclic) bond motifs is 2. The zero-order valence-corrected chi connectivity index (χ0v) is 28.8. The van der Waals surface area contributed by atoms with Gasteiger partial charge < -0.3 is 20.7 Å². The van der Waals surface area contributed by atoms with Gasteiger partial charge in [0.25, 0.3) is 0 Å². The van der Waals surface area contributed by atoms with Crippen molar-refractivity contribution >= 4 is 17.8 Å². The number of carbonyl (C=O) groups excluding carboxylic acids is 3. The molecule has 2 amide bonds. The Labute approximate surface area is 264 Å². The molecule has 2 aliphatic rings. The summed E-state index contributed by atoms with van der Waals surface area (Å²) in [5, 5.41) is 3.16. The molecule has 2 saturated carbocycles. The summed E-state index contributed by atoms with van der Waals surface area (Å²) in [6.07, 6.45) is 17.1. The Bertz CT molecular complexity index is 831. The molecule has 0 aromatic rings. The number of rotatable bonds is 24. The van der Waals surface area contributed by atoms with Crippen molar-refractivity contribution in [3.63, 3.8) is 0 Å². The summed E-state index contributed by atoms with van der Waals surface area (Å²) in [5.41, 5.74) is 5.41. The smallest absolute Gasteiger partial charge is 0.308 e. The van der Waals surface area contributed by atoms with Gasteiger partial charge in [0.1, 0.15) is 6.61 Å². The number of nitrogens with two attached hydrogens (primary N) is 1. The van der Waals surface area contributed by atoms with Gasteiger partial charge in [-0.1, -0.05) is 66.2 Å². The molecule has 0 radical (unpaired) electrons. The van der Waals surface area contributed by atoms with E-state index < -0.39 is 5.41 Å². The van der Waals surface area contributed by atoms with Crippen molar-refractivity contribution in [2.75, 3.05) is 33.8 Å². The fourth-order valence-corrected chi connectivity index (χ4v) is 7.82. The zero-order valence-electron chi connectivity index (χ0n) is 28.8. The van der Waals surface area contributed by atoms with Gasteiger partial charge in [-0.2, -0.15) is 0 Å². The minimum absolute atomic E-state index is 0.122. The van der Waals surface area contributed by atoms with Gasteiger partial charge in [0.15, 0.2) is 0 Å². The number of ether oxygens (including phenoxy) is 1. The lowest BCUT2D eigenvalue weighted by atomic mass is 9.77. The molecule has 250 valence electrons. The first kappa shape index (κ1) is 37.6. The van der Waals surface area contributed by atoms with Crippen molar-refractivity contribution in [1.82, 2.24) is 10.2 Å². The van der Waals surface area contributed by atoms with Crippen LogP contribution < -0.4 is 11.1 Å². The van der Waals surface area contributed by atoms with Crippen LogP contribution in [0.2, 0.25) is 0 Å². The second-order valence-corrected chi connectivity index (χ2v) is 14.6. The molecular weight excluding hydrogens is 538 g/mol. The van der Waals surface area contributed by atoms with E-state index in [0.29, 0.717) is 26.0 Å². The Morgan fingerprint density at radius 3 is 2.23 bits per heavy atom. The fraction of sp³-hybridized carbons (Fsp3) is 0.917. The highest BCUT2D eigenvalue weighted by Gasteiger charge is 2.44. The molecule has 2 bridgehead atoms. The molecule has 2 aliphatic carbocycles. The van der Waals surface area contributed by atoms with Crippen LogP contribution in [0.5, 0.6) is 0 Å². The van der Waals surface area contributed by atoms with Gasteiger partial charge in [0.05, 0.1) is 5.92 Å². The third-order valence-electron chi connectivity index (χ3n) is 11.2. The number of carbonyl (C=O) groups is 3. The minimum Gasteiger partial charge on any atom is -0.464 e. The Morgan fingerprint density at radius 1 is 0.930 bits per heavy atom. The molecule has 7 unspecified atom stereocenters. The SMILES string of the molecule is CCCCCCNC(=O)C(C)(CC)CCCC(CCCC(CCCC1C2CCC(C2)C1C)C(N)=O)C(=O)OCCN(C)C. The largest absolute Gasteiger partial charge is 0.464 e. The van der Waals surface area contributed by atoms with E-state index in [1.54, 1.807) is 0 Å². The Morgan fingerprint density at radius 2 is 1.60 bits per heavy atom. The van der Waals surface area contributed by atoms with Gasteiger partial charge >= 0.3 is 5.97 Å². The molecule has 0 saturated heterocycles. The fourth-order valence-electron chi connectivity index (χ4n) is 7.82. The molecule has 7 nitrogen and oxygen atoms in total. The molecule has 0 aromatic carbocycles. The van der Waals surface area contributed by atoms with E-state index in [4.69, 9.17) is 10.5 Å². The van der Waals surface area contributed by atoms with Crippen LogP contribution in [0.15, 0.2) is 0 Å². The van der Waals surface area contributed by atoms with Gasteiger partial charge in [-0.15, -0.1) is 0 Å². The van der Waals surface area contributed by atoms with Crippen molar-refractivity contribution in [3.8, 4) is 0 Å². The van der Waals surface area contributed by atoms with E-state index in [9.17, 15) is 14.4 Å². The highest BCUT2D eigenvalue weighted by atomic mass is 16.5. The summed E-state index contributed by atoms with van der Waals surface area (Å²) in [6, 6.07) is 0. The van der Waals surface area contributed by atoms with Crippen LogP contribution in [0.3, 0.4) is 0 Å². The number of esters is 1. The van der Waals surface area contributed by atoms with Crippen molar-refractivity contribution in [2.24, 2.45) is 46.7 Å². The quantitative estimate of drug-likeness (QED) is 0.0901. The molecule has 2 rings (SSSR count). The summed E-state index contributed by atoms with van der Waals surface area (Å²) < 4.78 is 5.67. The molecule has 7 atom stereocenters. The predicted octanol–water partition coefficient (Wildman–Crippen LogP) is 7.11. The highest BCUT2D eigenvalue weighted by molar-refractivity contribution is 5.82. The number of hydrogen-bond donors (Lipinski definition) is 2. The summed E-state index contributed by atoms with van der Waals surface area (Å²) in [4.78, 5) is 40.5. The third-order valence-corrected chi connectivity index (χ3v) is 11.2. The first-order valence-electron chi connectivity index (χ1n) is 17.9. The number of amides is 2. The maximum absolute atomic E-state index is 13.1. The average Bonchev–Trinajstić information content (AvgIpc) is 3.56. The van der Waals surface area contributed by atoms with Crippen LogP contribution in [-0.2, 0) is 19.1 Å². The number of nitrogens with zero attached hydrogens (tertiary/aromatic N) is 1. The Kier molecular flexibility index (Phi) is 17.2. The zero-order chi connectivity index (χ0) is 31.8. The lowest BCUT2D eigenvalue weighted by Gasteiger charge is -2.28. The number of nitrogens with one attached hydrogen (secondary N) is 1. The minimum atomic E-state index is -0.433. The lowest BCUT2D eigenvalue weighted by Crippen LogP contribution is -2.39. The van der Waals surface area contributed by atoms with Crippen molar-refractivity contribution in [1.29, 1.82) is 0 Å². The van der Waals surface area contributed by atoms with Crippen LogP contribution >= 0.6 is 0 Å². The van der Waals surface area contributed by atoms with Crippen molar-refractivity contribution < 1.29 is 19.1 Å². The van der Waals surface area contributed by atoms with Gasteiger partial charge in [0.2, 0.25) is 11.8 Å². The number of unbranched alkanes of at least 4 members (excludes halogenated alkanes) is 3. The van der Waals surface area contributed by atoms with Gasteiger partial charge in [-0.05, 0) is 108 Å². The third kappa shape index (κ3) is 12.7. The average molecular weight is 606 g/mol. The monoisotopic (exact) mass is 606 g/mol. The maximum atomic E-state index is 13.1. The molecule has 2 fully saturated rings. The van der Waals surface area contributed by atoms with E-state index >= 15 is 0 Å². The van der Waals surface area contributed by atoms with E-state index in [0.717, 1.165) is 88.0 Å². The van der Waals surface area contributed by atoms with Crippen molar-refractivity contribution in [2.45, 2.75) is 137 Å². The molecule has 0 spiro atoms. The van der Waals surface area contributed by atoms with Gasteiger partial charge in [-0.25, -0.2) is 0 Å². The van der Waals surface area contributed by atoms with Crippen LogP contribution in [0.25, 0.3) is 0 Å². The molecule has 0 aromatic heterocycles. The maximum Gasteiger partial charge on any atom is 0.308 e. The molecule has 0 heterocycles. The molecule has 7 heteroatoms. The predicted molar refractivity (Wildman–Crippen MR) is 176 cm³/mol. The Hall–Kier alpha value is -1.63. The van der Waals surface area contributed by atoms with Crippen LogP contribution in [0, 0.1) is 40.9 Å². The van der Waals surface area contributed by atoms with Crippen LogP contribution in [0.4, 0.5) is 0 Å². The number of primary amides is 1. The molecule has 0 aliphatic heterocycles. The van der Waals surface area contributed by atoms with Gasteiger partial charge in [0, 0.05) is 24.4 Å². The van der Waals surface area contributed by atoms with Crippen LogP contribution in [-0.4, -0.2) is 56.5 Å². The topological polar surface area (TPSA) is 102 Å². The highest BCUT2D eigenvalue weighted by Crippen LogP contribution is 2.53. The van der Waals surface area contributed by atoms with Crippen molar-refractivity contribution in [3.05, 3.63) is 0 Å². The standard InChI is InChI=1S/C36H67N3O4/c1-7-9-10-11-23-38-35(42)36(4,8-2)22-14-18-29(34(41)43-25-24-39(5)6)17-12-15-28(33(37)40)16-13-19-32-27(3)30-20-21-31(32)26-30/h27-32H,7-26H2,1-6H3,(H2,37,40)(H,38,42). The van der Waals surface area contributed by atoms with E-state index in [-0.39, 0.29) is 29.6 Å². The summed E-state index contributed by atoms with van der Waals surface area (Å²) in [5.74, 6) is 2.91.